The van der Waals surface area contributed by atoms with Gasteiger partial charge in [-0.3, -0.25) is 9.78 Å². The molecule has 76 valence electrons. The third-order valence-electron chi connectivity index (χ3n) is 1.76. The molecule has 0 aromatic carbocycles. The molecule has 5 heteroatoms. The second-order valence-corrected chi connectivity index (χ2v) is 3.82. The van der Waals surface area contributed by atoms with Crippen LogP contribution in [0.1, 0.15) is 10.4 Å². The van der Waals surface area contributed by atoms with E-state index in [1.165, 1.54) is 0 Å². The molecule has 0 fully saturated rings. The first-order valence-corrected chi connectivity index (χ1v) is 5.00. The van der Waals surface area contributed by atoms with Crippen LogP contribution in [-0.4, -0.2) is 35.9 Å². The SMILES string of the molecule is CN(CCN)C(=O)c1cncc(Br)c1. The van der Waals surface area contributed by atoms with E-state index in [4.69, 9.17) is 5.73 Å². The Bertz CT molecular complexity index is 330. The highest BCUT2D eigenvalue weighted by atomic mass is 79.9. The fourth-order valence-electron chi connectivity index (χ4n) is 1.04. The summed E-state index contributed by atoms with van der Waals surface area (Å²) in [5.41, 5.74) is 5.92. The standard InChI is InChI=1S/C9H12BrN3O/c1-13(3-2-11)9(14)7-4-8(10)6-12-5-7/h4-6H,2-3,11H2,1H3. The van der Waals surface area contributed by atoms with Gasteiger partial charge in [-0.1, -0.05) is 0 Å². The monoisotopic (exact) mass is 257 g/mol. The number of aromatic nitrogens is 1. The number of likely N-dealkylation sites (N-methyl/N-ethyl adjacent to an activating group) is 1. The lowest BCUT2D eigenvalue weighted by atomic mass is 10.2. The Kier molecular flexibility index (Phi) is 4.03. The molecule has 14 heavy (non-hydrogen) atoms. The van der Waals surface area contributed by atoms with Crippen molar-refractivity contribution in [1.82, 2.24) is 9.88 Å². The summed E-state index contributed by atoms with van der Waals surface area (Å²) in [5.74, 6) is -0.0655. The molecule has 0 saturated heterocycles. The van der Waals surface area contributed by atoms with Gasteiger partial charge in [-0.05, 0) is 22.0 Å². The first kappa shape index (κ1) is 11.1. The zero-order chi connectivity index (χ0) is 10.6. The first-order valence-electron chi connectivity index (χ1n) is 4.21. The molecule has 0 spiro atoms. The van der Waals surface area contributed by atoms with Gasteiger partial charge in [-0.25, -0.2) is 0 Å². The molecule has 0 saturated carbocycles. The lowest BCUT2D eigenvalue weighted by molar-refractivity contribution is 0.0798. The Morgan fingerprint density at radius 1 is 1.64 bits per heavy atom. The van der Waals surface area contributed by atoms with Gasteiger partial charge in [-0.2, -0.15) is 0 Å². The third kappa shape index (κ3) is 2.78. The Balaban J connectivity index is 2.78. The van der Waals surface area contributed by atoms with E-state index in [1.54, 1.807) is 30.4 Å². The summed E-state index contributed by atoms with van der Waals surface area (Å²) in [6.45, 7) is 1.01. The van der Waals surface area contributed by atoms with Crippen LogP contribution in [0, 0.1) is 0 Å². The van der Waals surface area contributed by atoms with Crippen LogP contribution in [0.5, 0.6) is 0 Å². The average molecular weight is 258 g/mol. The maximum absolute atomic E-state index is 11.7. The molecule has 0 unspecified atom stereocenters. The summed E-state index contributed by atoms with van der Waals surface area (Å²) in [6.07, 6.45) is 3.18. The van der Waals surface area contributed by atoms with Gasteiger partial charge in [0.25, 0.3) is 5.91 Å². The molecular formula is C9H12BrN3O. The fourth-order valence-corrected chi connectivity index (χ4v) is 1.41. The van der Waals surface area contributed by atoms with Gasteiger partial charge >= 0.3 is 0 Å². The molecule has 0 bridgehead atoms. The first-order chi connectivity index (χ1) is 6.65. The van der Waals surface area contributed by atoms with E-state index in [2.05, 4.69) is 20.9 Å². The minimum atomic E-state index is -0.0655. The van der Waals surface area contributed by atoms with Gasteiger partial charge in [0.05, 0.1) is 5.56 Å². The molecule has 1 heterocycles. The van der Waals surface area contributed by atoms with Crippen molar-refractivity contribution in [2.75, 3.05) is 20.1 Å². The molecule has 1 amide bonds. The predicted octanol–water partition coefficient (Wildman–Crippen LogP) is 0.875. The molecule has 0 aliphatic rings. The molecule has 4 nitrogen and oxygen atoms in total. The Labute approximate surface area is 91.2 Å². The normalized spacial score (nSPS) is 9.93. The van der Waals surface area contributed by atoms with Crippen molar-refractivity contribution in [2.45, 2.75) is 0 Å². The van der Waals surface area contributed by atoms with Gasteiger partial charge < -0.3 is 10.6 Å². The van der Waals surface area contributed by atoms with E-state index < -0.39 is 0 Å². The zero-order valence-electron chi connectivity index (χ0n) is 7.90. The van der Waals surface area contributed by atoms with E-state index in [0.29, 0.717) is 18.7 Å². The number of carbonyl (C=O) groups excluding carboxylic acids is 1. The Hall–Kier alpha value is -0.940. The number of pyridine rings is 1. The lowest BCUT2D eigenvalue weighted by Gasteiger charge is -2.15. The Morgan fingerprint density at radius 3 is 2.93 bits per heavy atom. The average Bonchev–Trinajstić information content (AvgIpc) is 2.17. The van der Waals surface area contributed by atoms with Crippen molar-refractivity contribution in [2.24, 2.45) is 5.73 Å². The van der Waals surface area contributed by atoms with Crippen LogP contribution in [0.25, 0.3) is 0 Å². The number of rotatable bonds is 3. The van der Waals surface area contributed by atoms with E-state index in [1.807, 2.05) is 0 Å². The van der Waals surface area contributed by atoms with E-state index in [0.717, 1.165) is 4.47 Å². The minimum Gasteiger partial charge on any atom is -0.340 e. The van der Waals surface area contributed by atoms with Crippen molar-refractivity contribution >= 4 is 21.8 Å². The summed E-state index contributed by atoms with van der Waals surface area (Å²) >= 11 is 3.26. The van der Waals surface area contributed by atoms with Crippen LogP contribution in [-0.2, 0) is 0 Å². The summed E-state index contributed by atoms with van der Waals surface area (Å²) < 4.78 is 0.796. The zero-order valence-corrected chi connectivity index (χ0v) is 9.49. The minimum absolute atomic E-state index is 0.0655. The molecule has 0 aliphatic carbocycles. The van der Waals surface area contributed by atoms with Crippen molar-refractivity contribution < 1.29 is 4.79 Å². The van der Waals surface area contributed by atoms with Crippen LogP contribution in [0.15, 0.2) is 22.9 Å². The number of amides is 1. The summed E-state index contributed by atoms with van der Waals surface area (Å²) in [7, 11) is 1.72. The van der Waals surface area contributed by atoms with Crippen LogP contribution in [0.2, 0.25) is 0 Å². The molecule has 1 rings (SSSR count). The predicted molar refractivity (Wildman–Crippen MR) is 58.0 cm³/mol. The van der Waals surface area contributed by atoms with Gasteiger partial charge in [0, 0.05) is 37.0 Å². The van der Waals surface area contributed by atoms with Crippen molar-refractivity contribution in [3.63, 3.8) is 0 Å². The lowest BCUT2D eigenvalue weighted by Crippen LogP contribution is -2.31. The second-order valence-electron chi connectivity index (χ2n) is 2.91. The van der Waals surface area contributed by atoms with Crippen molar-refractivity contribution in [3.05, 3.63) is 28.5 Å². The number of carbonyl (C=O) groups is 1. The topological polar surface area (TPSA) is 59.2 Å². The highest BCUT2D eigenvalue weighted by molar-refractivity contribution is 9.10. The van der Waals surface area contributed by atoms with Gasteiger partial charge in [0.1, 0.15) is 0 Å². The number of hydrogen-bond donors (Lipinski definition) is 1. The molecular weight excluding hydrogens is 246 g/mol. The van der Waals surface area contributed by atoms with Crippen molar-refractivity contribution in [1.29, 1.82) is 0 Å². The van der Waals surface area contributed by atoms with Crippen LogP contribution < -0.4 is 5.73 Å². The summed E-state index contributed by atoms with van der Waals surface area (Å²) in [6, 6.07) is 1.74. The molecule has 2 N–H and O–H groups in total. The summed E-state index contributed by atoms with van der Waals surface area (Å²) in [5, 5.41) is 0. The number of hydrogen-bond acceptors (Lipinski definition) is 3. The van der Waals surface area contributed by atoms with E-state index in [9.17, 15) is 4.79 Å². The highest BCUT2D eigenvalue weighted by Gasteiger charge is 2.10. The summed E-state index contributed by atoms with van der Waals surface area (Å²) in [4.78, 5) is 17.2. The maximum atomic E-state index is 11.7. The van der Waals surface area contributed by atoms with Crippen LogP contribution in [0.3, 0.4) is 0 Å². The molecule has 0 atom stereocenters. The van der Waals surface area contributed by atoms with Crippen LogP contribution >= 0.6 is 15.9 Å². The quantitative estimate of drug-likeness (QED) is 0.875. The number of halogens is 1. The van der Waals surface area contributed by atoms with E-state index >= 15 is 0 Å². The van der Waals surface area contributed by atoms with Gasteiger partial charge in [0.2, 0.25) is 0 Å². The third-order valence-corrected chi connectivity index (χ3v) is 2.20. The molecule has 0 radical (unpaired) electrons. The fraction of sp³-hybridized carbons (Fsp3) is 0.333. The van der Waals surface area contributed by atoms with Gasteiger partial charge in [-0.15, -0.1) is 0 Å². The van der Waals surface area contributed by atoms with Crippen LogP contribution in [0.4, 0.5) is 0 Å². The number of nitrogens with two attached hydrogens (primary N) is 1. The highest BCUT2D eigenvalue weighted by Crippen LogP contribution is 2.10. The second kappa shape index (κ2) is 5.07. The van der Waals surface area contributed by atoms with Crippen molar-refractivity contribution in [3.8, 4) is 0 Å². The van der Waals surface area contributed by atoms with E-state index in [-0.39, 0.29) is 5.91 Å². The maximum Gasteiger partial charge on any atom is 0.255 e. The van der Waals surface area contributed by atoms with Gasteiger partial charge in [0.15, 0.2) is 0 Å². The molecule has 1 aromatic rings. The smallest absolute Gasteiger partial charge is 0.255 e. The molecule has 0 aliphatic heterocycles. The largest absolute Gasteiger partial charge is 0.340 e. The Morgan fingerprint density at radius 2 is 2.36 bits per heavy atom. The number of nitrogens with zero attached hydrogens (tertiary/aromatic N) is 2. The molecule has 1 aromatic heterocycles.